The third-order valence-electron chi connectivity index (χ3n) is 8.04. The number of hydrogen-bond donors (Lipinski definition) is 1. The van der Waals surface area contributed by atoms with Crippen LogP contribution in [0.2, 0.25) is 0 Å². The molecule has 1 fully saturated rings. The Labute approximate surface area is 214 Å². The molecule has 37 heavy (non-hydrogen) atoms. The first-order chi connectivity index (χ1) is 17.5. The third kappa shape index (κ3) is 4.12. The van der Waals surface area contributed by atoms with Gasteiger partial charge in [-0.2, -0.15) is 5.10 Å². The average Bonchev–Trinajstić information content (AvgIpc) is 3.58. The van der Waals surface area contributed by atoms with Crippen molar-refractivity contribution in [3.63, 3.8) is 0 Å². The van der Waals surface area contributed by atoms with Gasteiger partial charge in [-0.1, -0.05) is 32.0 Å². The number of likely N-dealkylation sites (tertiary alicyclic amines) is 1. The Bertz CT molecular complexity index is 1410. The molecule has 6 nitrogen and oxygen atoms in total. The summed E-state index contributed by atoms with van der Waals surface area (Å²) in [6.07, 6.45) is 1.67. The summed E-state index contributed by atoms with van der Waals surface area (Å²) in [5.41, 5.74) is 7.62. The third-order valence-corrected chi connectivity index (χ3v) is 8.04. The van der Waals surface area contributed by atoms with Crippen molar-refractivity contribution in [1.82, 2.24) is 20.0 Å². The fourth-order valence-corrected chi connectivity index (χ4v) is 5.98. The molecule has 8 heteroatoms. The van der Waals surface area contributed by atoms with E-state index in [1.54, 1.807) is 12.1 Å². The van der Waals surface area contributed by atoms with E-state index in [1.807, 2.05) is 36.1 Å². The van der Waals surface area contributed by atoms with Gasteiger partial charge < -0.3 is 9.80 Å². The molecule has 1 N–H and O–H groups in total. The van der Waals surface area contributed by atoms with E-state index in [0.717, 1.165) is 35.2 Å². The lowest BCUT2D eigenvalue weighted by Gasteiger charge is -2.25. The second kappa shape index (κ2) is 8.23. The number of amides is 2. The Morgan fingerprint density at radius 2 is 1.86 bits per heavy atom. The van der Waals surface area contributed by atoms with Crippen LogP contribution in [0.1, 0.15) is 76.3 Å². The number of nitrogens with zero attached hydrogens (tertiary/aromatic N) is 3. The van der Waals surface area contributed by atoms with Crippen molar-refractivity contribution in [3.8, 4) is 11.3 Å². The van der Waals surface area contributed by atoms with E-state index in [0.29, 0.717) is 17.7 Å². The van der Waals surface area contributed by atoms with Crippen molar-refractivity contribution in [2.24, 2.45) is 5.41 Å². The highest BCUT2D eigenvalue weighted by Gasteiger charge is 2.40. The standard InChI is InChI=1S/C29H30F2N4O2/c1-17(18-4-6-19(7-5-18)26(36)34-11-10-29(30,31)16-34)35-15-21-12-20(8-9-22(21)27(35)37)25-23-13-28(2,3)14-24(23)32-33-25/h4-9,12,17H,10-11,13-16H2,1-3H3,(H,32,33)/t17-/m1/s1. The molecule has 1 saturated heterocycles. The van der Waals surface area contributed by atoms with E-state index in [-0.39, 0.29) is 36.2 Å². The van der Waals surface area contributed by atoms with E-state index in [9.17, 15) is 18.4 Å². The van der Waals surface area contributed by atoms with E-state index in [4.69, 9.17) is 0 Å². The summed E-state index contributed by atoms with van der Waals surface area (Å²) in [7, 11) is 0. The predicted molar refractivity (Wildman–Crippen MR) is 135 cm³/mol. The van der Waals surface area contributed by atoms with E-state index < -0.39 is 12.5 Å². The van der Waals surface area contributed by atoms with Gasteiger partial charge in [-0.15, -0.1) is 0 Å². The SMILES string of the molecule is C[C@H](c1ccc(C(=O)N2CCC(F)(F)C2)cc1)N1Cc2cc(-c3n[nH]c4c3CC(C)(C)C4)ccc2C1=O. The van der Waals surface area contributed by atoms with Gasteiger partial charge in [-0.05, 0) is 60.6 Å². The van der Waals surface area contributed by atoms with Crippen molar-refractivity contribution in [3.05, 3.63) is 76.0 Å². The van der Waals surface area contributed by atoms with Gasteiger partial charge in [0.2, 0.25) is 0 Å². The van der Waals surface area contributed by atoms with Crippen LogP contribution in [0.4, 0.5) is 8.78 Å². The minimum absolute atomic E-state index is 0.0260. The molecule has 1 aliphatic carbocycles. The lowest BCUT2D eigenvalue weighted by atomic mass is 9.90. The zero-order chi connectivity index (χ0) is 26.1. The monoisotopic (exact) mass is 504 g/mol. The summed E-state index contributed by atoms with van der Waals surface area (Å²) in [5, 5.41) is 7.79. The van der Waals surface area contributed by atoms with Gasteiger partial charge in [0.05, 0.1) is 18.3 Å². The average molecular weight is 505 g/mol. The van der Waals surface area contributed by atoms with Gasteiger partial charge in [0, 0.05) is 47.5 Å². The van der Waals surface area contributed by atoms with Crippen molar-refractivity contribution >= 4 is 11.8 Å². The Morgan fingerprint density at radius 1 is 1.11 bits per heavy atom. The van der Waals surface area contributed by atoms with Crippen molar-refractivity contribution < 1.29 is 18.4 Å². The predicted octanol–water partition coefficient (Wildman–Crippen LogP) is 5.40. The topological polar surface area (TPSA) is 69.3 Å². The molecule has 3 heterocycles. The van der Waals surface area contributed by atoms with Gasteiger partial charge >= 0.3 is 0 Å². The molecule has 0 radical (unpaired) electrons. The molecule has 0 spiro atoms. The van der Waals surface area contributed by atoms with Crippen LogP contribution < -0.4 is 0 Å². The van der Waals surface area contributed by atoms with Gasteiger partial charge in [0.25, 0.3) is 17.7 Å². The highest BCUT2D eigenvalue weighted by atomic mass is 19.3. The van der Waals surface area contributed by atoms with Crippen LogP contribution in [-0.4, -0.2) is 50.8 Å². The van der Waals surface area contributed by atoms with Crippen LogP contribution in [-0.2, 0) is 19.4 Å². The number of benzene rings is 2. The molecule has 2 aromatic carbocycles. The summed E-state index contributed by atoms with van der Waals surface area (Å²) in [6, 6.07) is 12.7. The fraction of sp³-hybridized carbons (Fsp3) is 0.414. The van der Waals surface area contributed by atoms with Gasteiger partial charge in [-0.3, -0.25) is 14.7 Å². The number of H-pyrrole nitrogens is 1. The Morgan fingerprint density at radius 3 is 2.57 bits per heavy atom. The van der Waals surface area contributed by atoms with Crippen LogP contribution in [0.25, 0.3) is 11.3 Å². The van der Waals surface area contributed by atoms with E-state index >= 15 is 0 Å². The quantitative estimate of drug-likeness (QED) is 0.517. The van der Waals surface area contributed by atoms with Crippen LogP contribution in [0.15, 0.2) is 42.5 Å². The molecule has 2 aliphatic heterocycles. The highest BCUT2D eigenvalue weighted by molar-refractivity contribution is 5.99. The second-order valence-corrected chi connectivity index (χ2v) is 11.5. The van der Waals surface area contributed by atoms with Crippen molar-refractivity contribution in [2.45, 2.75) is 58.5 Å². The van der Waals surface area contributed by atoms with Gasteiger partial charge in [0.15, 0.2) is 0 Å². The number of nitrogens with one attached hydrogen (secondary N) is 1. The summed E-state index contributed by atoms with van der Waals surface area (Å²) < 4.78 is 27.0. The first kappa shape index (κ1) is 23.8. The van der Waals surface area contributed by atoms with Crippen LogP contribution >= 0.6 is 0 Å². The number of aromatic nitrogens is 2. The number of alkyl halides is 2. The van der Waals surface area contributed by atoms with E-state index in [1.165, 1.54) is 16.2 Å². The van der Waals surface area contributed by atoms with Crippen LogP contribution in [0, 0.1) is 5.41 Å². The molecule has 6 rings (SSSR count). The summed E-state index contributed by atoms with van der Waals surface area (Å²) >= 11 is 0. The number of carbonyl (C=O) groups excluding carboxylic acids is 2. The molecular formula is C29H30F2N4O2. The van der Waals surface area contributed by atoms with Gasteiger partial charge in [0.1, 0.15) is 0 Å². The molecule has 3 aliphatic rings. The number of rotatable bonds is 4. The normalized spacial score (nSPS) is 20.3. The zero-order valence-corrected chi connectivity index (χ0v) is 21.3. The van der Waals surface area contributed by atoms with Crippen LogP contribution in [0.5, 0.6) is 0 Å². The minimum atomic E-state index is -2.82. The number of aromatic amines is 1. The Balaban J connectivity index is 1.19. The highest BCUT2D eigenvalue weighted by Crippen LogP contribution is 2.41. The molecule has 1 atom stereocenters. The number of hydrogen-bond acceptors (Lipinski definition) is 3. The lowest BCUT2D eigenvalue weighted by molar-refractivity contribution is 0.0120. The largest absolute Gasteiger partial charge is 0.332 e. The van der Waals surface area contributed by atoms with Crippen molar-refractivity contribution in [1.29, 1.82) is 0 Å². The molecule has 1 aromatic heterocycles. The first-order valence-corrected chi connectivity index (χ1v) is 12.8. The maximum Gasteiger partial charge on any atom is 0.267 e. The summed E-state index contributed by atoms with van der Waals surface area (Å²) in [5.74, 6) is -3.23. The second-order valence-electron chi connectivity index (χ2n) is 11.5. The van der Waals surface area contributed by atoms with Crippen LogP contribution in [0.3, 0.4) is 0 Å². The van der Waals surface area contributed by atoms with Gasteiger partial charge in [-0.25, -0.2) is 8.78 Å². The minimum Gasteiger partial charge on any atom is -0.332 e. The summed E-state index contributed by atoms with van der Waals surface area (Å²) in [6.45, 7) is 6.50. The fourth-order valence-electron chi connectivity index (χ4n) is 5.98. The van der Waals surface area contributed by atoms with Crippen molar-refractivity contribution in [2.75, 3.05) is 13.1 Å². The molecule has 0 saturated carbocycles. The Hall–Kier alpha value is -3.55. The molecular weight excluding hydrogens is 474 g/mol. The number of halogens is 2. The maximum absolute atomic E-state index is 13.5. The first-order valence-electron chi connectivity index (χ1n) is 12.8. The molecule has 2 amide bonds. The molecule has 0 bridgehead atoms. The van der Waals surface area contributed by atoms with E-state index in [2.05, 4.69) is 30.1 Å². The molecule has 3 aromatic rings. The smallest absolute Gasteiger partial charge is 0.267 e. The molecule has 0 unspecified atom stereocenters. The maximum atomic E-state index is 13.5. The lowest BCUT2D eigenvalue weighted by Crippen LogP contribution is -2.31. The Kier molecular flexibility index (Phi) is 5.30. The number of fused-ring (bicyclic) bond motifs is 2. The zero-order valence-electron chi connectivity index (χ0n) is 21.3. The summed E-state index contributed by atoms with van der Waals surface area (Å²) in [4.78, 5) is 28.9. The molecule has 192 valence electrons. The number of carbonyl (C=O) groups is 2.